The molecular weight excluding hydrogens is 378 g/mol. The molecule has 1 unspecified atom stereocenters. The summed E-state index contributed by atoms with van der Waals surface area (Å²) in [4.78, 5) is 21.6. The quantitative estimate of drug-likeness (QED) is 0.703. The Morgan fingerprint density at radius 3 is 2.43 bits per heavy atom. The molecule has 3 aromatic rings. The second-order valence-electron chi connectivity index (χ2n) is 7.60. The summed E-state index contributed by atoms with van der Waals surface area (Å²) in [5.41, 5.74) is 2.30. The number of hydrogen-bond donors (Lipinski definition) is 1. The zero-order valence-electron chi connectivity index (χ0n) is 17.2. The van der Waals surface area contributed by atoms with Gasteiger partial charge in [0.05, 0.1) is 0 Å². The lowest BCUT2D eigenvalue weighted by Crippen LogP contribution is -2.43. The third-order valence-electron chi connectivity index (χ3n) is 5.34. The van der Waals surface area contributed by atoms with Crippen molar-refractivity contribution < 1.29 is 9.32 Å². The third-order valence-corrected chi connectivity index (χ3v) is 5.34. The van der Waals surface area contributed by atoms with Crippen LogP contribution in [0, 0.1) is 6.92 Å². The van der Waals surface area contributed by atoms with E-state index in [1.165, 1.54) is 5.56 Å². The lowest BCUT2D eigenvalue weighted by Gasteiger charge is -2.29. The Morgan fingerprint density at radius 1 is 1.07 bits per heavy atom. The minimum atomic E-state index is -0.142. The minimum absolute atomic E-state index is 0.0679. The topological polar surface area (TPSA) is 74.5 Å². The van der Waals surface area contributed by atoms with E-state index < -0.39 is 0 Å². The fraction of sp³-hybridized carbons (Fsp3) is 0.348. The molecule has 1 aliphatic rings. The Bertz CT molecular complexity index is 944. The highest BCUT2D eigenvalue weighted by molar-refractivity contribution is 5.74. The van der Waals surface area contributed by atoms with Gasteiger partial charge in [-0.25, -0.2) is 4.79 Å². The first-order valence-electron chi connectivity index (χ1n) is 10.3. The fourth-order valence-corrected chi connectivity index (χ4v) is 3.80. The van der Waals surface area contributed by atoms with E-state index in [1.54, 1.807) is 0 Å². The summed E-state index contributed by atoms with van der Waals surface area (Å²) in [5.74, 6) is 1.17. The van der Waals surface area contributed by atoms with Crippen molar-refractivity contribution in [2.45, 2.75) is 32.5 Å². The van der Waals surface area contributed by atoms with Gasteiger partial charge in [0.1, 0.15) is 6.04 Å². The van der Waals surface area contributed by atoms with E-state index in [4.69, 9.17) is 4.52 Å². The second kappa shape index (κ2) is 9.54. The first-order valence-corrected chi connectivity index (χ1v) is 10.3. The Morgan fingerprint density at radius 2 is 1.77 bits per heavy atom. The number of nitrogens with zero attached hydrogens (tertiary/aromatic N) is 4. The molecule has 2 aromatic carbocycles. The van der Waals surface area contributed by atoms with Crippen molar-refractivity contribution in [1.82, 2.24) is 25.3 Å². The lowest BCUT2D eigenvalue weighted by molar-refractivity contribution is 0.141. The number of carbonyl (C=O) groups excluding carboxylic acids is 1. The number of rotatable bonds is 5. The Balaban J connectivity index is 1.48. The predicted molar refractivity (Wildman–Crippen MR) is 113 cm³/mol. The van der Waals surface area contributed by atoms with Crippen molar-refractivity contribution in [3.05, 3.63) is 83.5 Å². The Hall–Kier alpha value is -3.19. The second-order valence-corrected chi connectivity index (χ2v) is 7.60. The number of urea groups is 1. The zero-order chi connectivity index (χ0) is 20.8. The normalized spacial score (nSPS) is 17.5. The van der Waals surface area contributed by atoms with E-state index in [0.717, 1.165) is 25.1 Å². The standard InChI is InChI=1S/C23H27N5O2/c1-18-25-22(30-26-18)21-17-28(23(29)24-15-19-9-4-2-5-10-19)14-8-13-27(21)16-20-11-6-3-7-12-20/h2-7,9-12,21H,8,13-17H2,1H3,(H,24,29). The van der Waals surface area contributed by atoms with E-state index in [1.807, 2.05) is 60.4 Å². The molecule has 1 aromatic heterocycles. The molecule has 1 saturated heterocycles. The summed E-state index contributed by atoms with van der Waals surface area (Å²) in [5, 5.41) is 7.02. The number of hydrogen-bond acceptors (Lipinski definition) is 5. The largest absolute Gasteiger partial charge is 0.338 e. The van der Waals surface area contributed by atoms with Crippen LogP contribution in [0.3, 0.4) is 0 Å². The Kier molecular flexibility index (Phi) is 6.39. The minimum Gasteiger partial charge on any atom is -0.338 e. The van der Waals surface area contributed by atoms with Gasteiger partial charge >= 0.3 is 6.03 Å². The van der Waals surface area contributed by atoms with E-state index >= 15 is 0 Å². The predicted octanol–water partition coefficient (Wildman–Crippen LogP) is 3.54. The molecule has 156 valence electrons. The van der Waals surface area contributed by atoms with Gasteiger partial charge in [-0.05, 0) is 24.5 Å². The molecule has 7 nitrogen and oxygen atoms in total. The zero-order valence-corrected chi connectivity index (χ0v) is 17.2. The van der Waals surface area contributed by atoms with Crippen LogP contribution in [0.1, 0.15) is 35.3 Å². The van der Waals surface area contributed by atoms with Crippen LogP contribution in [0.15, 0.2) is 65.2 Å². The van der Waals surface area contributed by atoms with Crippen molar-refractivity contribution in [1.29, 1.82) is 0 Å². The summed E-state index contributed by atoms with van der Waals surface area (Å²) in [6.07, 6.45) is 0.884. The molecule has 0 bridgehead atoms. The molecule has 2 heterocycles. The molecule has 1 fully saturated rings. The number of benzene rings is 2. The third kappa shape index (κ3) is 5.04. The van der Waals surface area contributed by atoms with Gasteiger partial charge in [-0.15, -0.1) is 0 Å². The molecule has 1 aliphatic heterocycles. The lowest BCUT2D eigenvalue weighted by atomic mass is 10.1. The van der Waals surface area contributed by atoms with Gasteiger partial charge in [0.15, 0.2) is 5.82 Å². The maximum Gasteiger partial charge on any atom is 0.317 e. The first kappa shape index (κ1) is 20.1. The summed E-state index contributed by atoms with van der Waals surface area (Å²) in [6.45, 7) is 5.14. The van der Waals surface area contributed by atoms with Crippen LogP contribution in [0.4, 0.5) is 4.79 Å². The van der Waals surface area contributed by atoms with Crippen LogP contribution in [0.2, 0.25) is 0 Å². The average Bonchev–Trinajstić information content (AvgIpc) is 3.10. The highest BCUT2D eigenvalue weighted by atomic mass is 16.5. The van der Waals surface area contributed by atoms with E-state index in [2.05, 4.69) is 32.5 Å². The number of aromatic nitrogens is 2. The molecule has 7 heteroatoms. The van der Waals surface area contributed by atoms with Gasteiger partial charge in [-0.2, -0.15) is 4.98 Å². The van der Waals surface area contributed by atoms with Crippen LogP contribution in [0.5, 0.6) is 0 Å². The smallest absolute Gasteiger partial charge is 0.317 e. The summed E-state index contributed by atoms with van der Waals surface area (Å²) in [7, 11) is 0. The van der Waals surface area contributed by atoms with Crippen LogP contribution in [0.25, 0.3) is 0 Å². The van der Waals surface area contributed by atoms with Crippen molar-refractivity contribution in [2.24, 2.45) is 0 Å². The van der Waals surface area contributed by atoms with Crippen molar-refractivity contribution in [3.8, 4) is 0 Å². The van der Waals surface area contributed by atoms with Crippen molar-refractivity contribution in [3.63, 3.8) is 0 Å². The van der Waals surface area contributed by atoms with Gasteiger partial charge in [0, 0.05) is 32.7 Å². The molecule has 0 spiro atoms. The van der Waals surface area contributed by atoms with Crippen LogP contribution in [-0.2, 0) is 13.1 Å². The molecule has 2 amide bonds. The molecular formula is C23H27N5O2. The number of amides is 2. The van der Waals surface area contributed by atoms with Crippen molar-refractivity contribution in [2.75, 3.05) is 19.6 Å². The van der Waals surface area contributed by atoms with E-state index in [-0.39, 0.29) is 12.1 Å². The Labute approximate surface area is 176 Å². The summed E-state index contributed by atoms with van der Waals surface area (Å²) in [6, 6.07) is 20.1. The first-order chi connectivity index (χ1) is 14.7. The maximum absolute atomic E-state index is 12.9. The number of aryl methyl sites for hydroxylation is 1. The van der Waals surface area contributed by atoms with Crippen molar-refractivity contribution >= 4 is 6.03 Å². The van der Waals surface area contributed by atoms with Crippen LogP contribution < -0.4 is 5.32 Å². The van der Waals surface area contributed by atoms with Gasteiger partial charge in [-0.1, -0.05) is 65.8 Å². The highest BCUT2D eigenvalue weighted by Crippen LogP contribution is 2.26. The van der Waals surface area contributed by atoms with E-state index in [0.29, 0.717) is 31.3 Å². The number of carbonyl (C=O) groups is 1. The summed E-state index contributed by atoms with van der Waals surface area (Å²) >= 11 is 0. The van der Waals surface area contributed by atoms with Gasteiger partial charge in [0.2, 0.25) is 5.89 Å². The van der Waals surface area contributed by atoms with Gasteiger partial charge in [0.25, 0.3) is 0 Å². The molecule has 0 saturated carbocycles. The fourth-order valence-electron chi connectivity index (χ4n) is 3.80. The molecule has 4 rings (SSSR count). The average molecular weight is 406 g/mol. The molecule has 1 N–H and O–H groups in total. The monoisotopic (exact) mass is 405 g/mol. The SMILES string of the molecule is Cc1noc(C2CN(C(=O)NCc3ccccc3)CCCN2Cc2ccccc2)n1. The van der Waals surface area contributed by atoms with E-state index in [9.17, 15) is 4.79 Å². The van der Waals surface area contributed by atoms with Crippen LogP contribution >= 0.6 is 0 Å². The number of nitrogens with one attached hydrogen (secondary N) is 1. The molecule has 1 atom stereocenters. The molecule has 0 radical (unpaired) electrons. The highest BCUT2D eigenvalue weighted by Gasteiger charge is 2.32. The molecule has 0 aliphatic carbocycles. The molecule has 30 heavy (non-hydrogen) atoms. The van der Waals surface area contributed by atoms with Gasteiger partial charge < -0.3 is 14.7 Å². The maximum atomic E-state index is 12.9. The van der Waals surface area contributed by atoms with Gasteiger partial charge in [-0.3, -0.25) is 4.90 Å². The van der Waals surface area contributed by atoms with Crippen LogP contribution in [-0.4, -0.2) is 45.6 Å². The summed E-state index contributed by atoms with van der Waals surface area (Å²) < 4.78 is 5.52.